The van der Waals surface area contributed by atoms with Crippen LogP contribution in [0.4, 0.5) is 11.4 Å². The van der Waals surface area contributed by atoms with Crippen molar-refractivity contribution in [3.8, 4) is 11.1 Å². The summed E-state index contributed by atoms with van der Waals surface area (Å²) in [6.45, 7) is 0. The molecule has 0 aliphatic rings. The van der Waals surface area contributed by atoms with E-state index >= 15 is 0 Å². The quantitative estimate of drug-likeness (QED) is 0.315. The molecular formula is C24H17BrN2. The number of benzene rings is 4. The maximum Gasteiger partial charge on any atom is 0.0544 e. The van der Waals surface area contributed by atoms with Crippen LogP contribution in [0.2, 0.25) is 0 Å². The lowest BCUT2D eigenvalue weighted by atomic mass is 10.0. The second-order valence-corrected chi connectivity index (χ2v) is 7.53. The molecular weight excluding hydrogens is 396 g/mol. The van der Waals surface area contributed by atoms with Gasteiger partial charge in [0.25, 0.3) is 0 Å². The topological polar surface area (TPSA) is 27.8 Å². The van der Waals surface area contributed by atoms with Crippen LogP contribution in [-0.4, -0.2) is 4.98 Å². The SMILES string of the molecule is Brc1cccc(Nc2cccc(-c3cccc4c3[nH]c3ccccc34)c2)c1. The lowest BCUT2D eigenvalue weighted by Crippen LogP contribution is -1.90. The minimum absolute atomic E-state index is 1.06. The normalized spacial score (nSPS) is 11.1. The first-order valence-corrected chi connectivity index (χ1v) is 9.70. The summed E-state index contributed by atoms with van der Waals surface area (Å²) in [6, 6.07) is 31.7. The van der Waals surface area contributed by atoms with Crippen LogP contribution in [0.15, 0.2) is 95.5 Å². The summed E-state index contributed by atoms with van der Waals surface area (Å²) in [5.41, 5.74) is 6.87. The molecule has 0 atom stereocenters. The van der Waals surface area contributed by atoms with Crippen molar-refractivity contribution < 1.29 is 0 Å². The van der Waals surface area contributed by atoms with E-state index in [-0.39, 0.29) is 0 Å². The number of anilines is 2. The Morgan fingerprint density at radius 1 is 0.667 bits per heavy atom. The van der Waals surface area contributed by atoms with Gasteiger partial charge in [0.05, 0.1) is 5.52 Å². The highest BCUT2D eigenvalue weighted by Gasteiger charge is 2.09. The van der Waals surface area contributed by atoms with Crippen LogP contribution in [0.1, 0.15) is 0 Å². The van der Waals surface area contributed by atoms with Crippen molar-refractivity contribution in [1.82, 2.24) is 4.98 Å². The molecule has 0 bridgehead atoms. The highest BCUT2D eigenvalue weighted by Crippen LogP contribution is 2.34. The van der Waals surface area contributed by atoms with E-state index in [0.29, 0.717) is 0 Å². The molecule has 27 heavy (non-hydrogen) atoms. The van der Waals surface area contributed by atoms with E-state index in [1.165, 1.54) is 32.9 Å². The number of aromatic amines is 1. The first-order valence-electron chi connectivity index (χ1n) is 8.90. The Balaban J connectivity index is 1.61. The van der Waals surface area contributed by atoms with Gasteiger partial charge in [-0.3, -0.25) is 0 Å². The van der Waals surface area contributed by atoms with Gasteiger partial charge < -0.3 is 10.3 Å². The first-order chi connectivity index (χ1) is 13.3. The zero-order chi connectivity index (χ0) is 18.2. The van der Waals surface area contributed by atoms with Crippen LogP contribution in [0.3, 0.4) is 0 Å². The van der Waals surface area contributed by atoms with Gasteiger partial charge in [0, 0.05) is 37.7 Å². The monoisotopic (exact) mass is 412 g/mol. The van der Waals surface area contributed by atoms with Gasteiger partial charge >= 0.3 is 0 Å². The van der Waals surface area contributed by atoms with Crippen molar-refractivity contribution in [3.05, 3.63) is 95.5 Å². The smallest absolute Gasteiger partial charge is 0.0544 e. The highest BCUT2D eigenvalue weighted by atomic mass is 79.9. The second kappa shape index (κ2) is 6.60. The van der Waals surface area contributed by atoms with Crippen LogP contribution in [0.5, 0.6) is 0 Å². The Morgan fingerprint density at radius 2 is 1.41 bits per heavy atom. The number of H-pyrrole nitrogens is 1. The molecule has 0 fully saturated rings. The molecule has 0 aliphatic heterocycles. The molecule has 1 heterocycles. The Hall–Kier alpha value is -3.04. The van der Waals surface area contributed by atoms with Gasteiger partial charge in [-0.25, -0.2) is 0 Å². The second-order valence-electron chi connectivity index (χ2n) is 6.61. The van der Waals surface area contributed by atoms with E-state index in [0.717, 1.165) is 15.8 Å². The lowest BCUT2D eigenvalue weighted by Gasteiger charge is -2.10. The largest absolute Gasteiger partial charge is 0.355 e. The van der Waals surface area contributed by atoms with E-state index in [1.54, 1.807) is 0 Å². The maximum atomic E-state index is 3.60. The molecule has 0 amide bonds. The number of hydrogen-bond acceptors (Lipinski definition) is 1. The molecule has 2 nitrogen and oxygen atoms in total. The van der Waals surface area contributed by atoms with Gasteiger partial charge in [-0.2, -0.15) is 0 Å². The Morgan fingerprint density at radius 3 is 2.30 bits per heavy atom. The average Bonchev–Trinajstić information content (AvgIpc) is 3.07. The van der Waals surface area contributed by atoms with Crippen molar-refractivity contribution in [1.29, 1.82) is 0 Å². The molecule has 1 aromatic heterocycles. The number of halogens is 1. The summed E-state index contributed by atoms with van der Waals surface area (Å²) < 4.78 is 1.06. The third kappa shape index (κ3) is 3.00. The third-order valence-electron chi connectivity index (χ3n) is 4.83. The van der Waals surface area contributed by atoms with E-state index in [9.17, 15) is 0 Å². The lowest BCUT2D eigenvalue weighted by molar-refractivity contribution is 1.51. The maximum absolute atomic E-state index is 3.60. The minimum Gasteiger partial charge on any atom is -0.355 e. The third-order valence-corrected chi connectivity index (χ3v) is 5.32. The van der Waals surface area contributed by atoms with Gasteiger partial charge in [-0.15, -0.1) is 0 Å². The summed E-state index contributed by atoms with van der Waals surface area (Å²) in [5, 5.41) is 6.01. The number of hydrogen-bond donors (Lipinski definition) is 2. The number of rotatable bonds is 3. The van der Waals surface area contributed by atoms with Crippen LogP contribution in [0, 0.1) is 0 Å². The zero-order valence-electron chi connectivity index (χ0n) is 14.5. The van der Waals surface area contributed by atoms with Crippen molar-refractivity contribution in [3.63, 3.8) is 0 Å². The van der Waals surface area contributed by atoms with Gasteiger partial charge in [0.15, 0.2) is 0 Å². The molecule has 5 aromatic rings. The van der Waals surface area contributed by atoms with Crippen molar-refractivity contribution in [2.24, 2.45) is 0 Å². The Kier molecular flexibility index (Phi) is 3.95. The summed E-state index contributed by atoms with van der Waals surface area (Å²) >= 11 is 3.53. The van der Waals surface area contributed by atoms with Crippen LogP contribution < -0.4 is 5.32 Å². The minimum atomic E-state index is 1.06. The summed E-state index contributed by atoms with van der Waals surface area (Å²) in [5.74, 6) is 0. The van der Waals surface area contributed by atoms with Gasteiger partial charge in [0.1, 0.15) is 0 Å². The number of nitrogens with one attached hydrogen (secondary N) is 2. The highest BCUT2D eigenvalue weighted by molar-refractivity contribution is 9.10. The molecule has 4 aromatic carbocycles. The number of para-hydroxylation sites is 2. The Bertz CT molecular complexity index is 1270. The molecule has 3 heteroatoms. The van der Waals surface area contributed by atoms with Crippen LogP contribution >= 0.6 is 15.9 Å². The van der Waals surface area contributed by atoms with Crippen LogP contribution in [-0.2, 0) is 0 Å². The molecule has 0 radical (unpaired) electrons. The predicted octanol–water partition coefficient (Wildman–Crippen LogP) is 7.49. The van der Waals surface area contributed by atoms with E-state index < -0.39 is 0 Å². The summed E-state index contributed by atoms with van der Waals surface area (Å²) in [4.78, 5) is 3.60. The van der Waals surface area contributed by atoms with E-state index in [4.69, 9.17) is 0 Å². The fraction of sp³-hybridized carbons (Fsp3) is 0. The summed E-state index contributed by atoms with van der Waals surface area (Å²) in [7, 11) is 0. The molecule has 130 valence electrons. The van der Waals surface area contributed by atoms with Crippen molar-refractivity contribution >= 4 is 49.1 Å². The van der Waals surface area contributed by atoms with E-state index in [2.05, 4.69) is 105 Å². The fourth-order valence-electron chi connectivity index (χ4n) is 3.61. The zero-order valence-corrected chi connectivity index (χ0v) is 16.1. The standard InChI is InChI=1S/C24H17BrN2/c25-17-7-4-9-19(15-17)26-18-8-3-6-16(14-18)20-11-5-12-22-21-10-1-2-13-23(21)27-24(20)22/h1-15,26-27H. The van der Waals surface area contributed by atoms with Crippen molar-refractivity contribution in [2.75, 3.05) is 5.32 Å². The van der Waals surface area contributed by atoms with Crippen LogP contribution in [0.25, 0.3) is 32.9 Å². The molecule has 0 saturated heterocycles. The molecule has 2 N–H and O–H groups in total. The fourth-order valence-corrected chi connectivity index (χ4v) is 4.01. The van der Waals surface area contributed by atoms with Gasteiger partial charge in [-0.05, 0) is 42.0 Å². The van der Waals surface area contributed by atoms with Gasteiger partial charge in [-0.1, -0.05) is 70.5 Å². The van der Waals surface area contributed by atoms with Gasteiger partial charge in [0.2, 0.25) is 0 Å². The predicted molar refractivity (Wildman–Crippen MR) is 119 cm³/mol. The Labute approximate surface area is 166 Å². The molecule has 5 rings (SSSR count). The van der Waals surface area contributed by atoms with Crippen molar-refractivity contribution in [2.45, 2.75) is 0 Å². The number of aromatic nitrogens is 1. The molecule has 0 unspecified atom stereocenters. The summed E-state index contributed by atoms with van der Waals surface area (Å²) in [6.07, 6.45) is 0. The molecule has 0 aliphatic carbocycles. The number of fused-ring (bicyclic) bond motifs is 3. The molecule has 0 spiro atoms. The average molecular weight is 413 g/mol. The van der Waals surface area contributed by atoms with E-state index in [1.807, 2.05) is 12.1 Å². The molecule has 0 saturated carbocycles. The first kappa shape index (κ1) is 16.2.